The molecule has 0 atom stereocenters. The van der Waals surface area contributed by atoms with Crippen molar-refractivity contribution in [1.82, 2.24) is 9.78 Å². The first kappa shape index (κ1) is 13.2. The third-order valence-electron chi connectivity index (χ3n) is 2.52. The van der Waals surface area contributed by atoms with Crippen LogP contribution in [0.5, 0.6) is 0 Å². The van der Waals surface area contributed by atoms with Crippen LogP contribution in [0.1, 0.15) is 17.7 Å². The molecule has 0 spiro atoms. The lowest BCUT2D eigenvalue weighted by Gasteiger charge is -2.06. The normalized spacial score (nSPS) is 10.9. The summed E-state index contributed by atoms with van der Waals surface area (Å²) in [6.07, 6.45) is 2.79. The highest BCUT2D eigenvalue weighted by Gasteiger charge is 2.03. The molecule has 1 aromatic heterocycles. The minimum Gasteiger partial charge on any atom is -0.382 e. The fourth-order valence-electron chi connectivity index (χ4n) is 1.47. The van der Waals surface area contributed by atoms with E-state index < -0.39 is 0 Å². The zero-order valence-electron chi connectivity index (χ0n) is 10.1. The first-order chi connectivity index (χ1) is 7.79. The average molecular weight is 227 g/mol. The number of methoxy groups -OCH3 is 1. The summed E-state index contributed by atoms with van der Waals surface area (Å²) in [5.74, 6) is 0. The SMILES string of the molecule is COCCOCCCn1ncc(CN)c1C. The smallest absolute Gasteiger partial charge is 0.0700 e. The van der Waals surface area contributed by atoms with Crippen molar-refractivity contribution in [3.63, 3.8) is 0 Å². The van der Waals surface area contributed by atoms with Gasteiger partial charge in [-0.1, -0.05) is 0 Å². The van der Waals surface area contributed by atoms with E-state index >= 15 is 0 Å². The molecule has 0 bridgehead atoms. The molecule has 92 valence electrons. The van der Waals surface area contributed by atoms with Crippen molar-refractivity contribution in [2.24, 2.45) is 5.73 Å². The molecule has 0 saturated heterocycles. The van der Waals surface area contributed by atoms with Gasteiger partial charge < -0.3 is 15.2 Å². The zero-order chi connectivity index (χ0) is 11.8. The van der Waals surface area contributed by atoms with Crippen molar-refractivity contribution in [3.05, 3.63) is 17.5 Å². The van der Waals surface area contributed by atoms with E-state index in [9.17, 15) is 0 Å². The second-order valence-corrected chi connectivity index (χ2v) is 3.64. The van der Waals surface area contributed by atoms with Crippen LogP contribution >= 0.6 is 0 Å². The summed E-state index contributed by atoms with van der Waals surface area (Å²) in [5.41, 5.74) is 7.85. The highest BCUT2D eigenvalue weighted by molar-refractivity contribution is 5.15. The van der Waals surface area contributed by atoms with Gasteiger partial charge in [-0.25, -0.2) is 0 Å². The van der Waals surface area contributed by atoms with Crippen molar-refractivity contribution >= 4 is 0 Å². The Morgan fingerprint density at radius 1 is 1.38 bits per heavy atom. The van der Waals surface area contributed by atoms with Crippen LogP contribution in [0, 0.1) is 6.92 Å². The van der Waals surface area contributed by atoms with Gasteiger partial charge in [0.05, 0.1) is 19.4 Å². The lowest BCUT2D eigenvalue weighted by atomic mass is 10.2. The van der Waals surface area contributed by atoms with Gasteiger partial charge in [0.15, 0.2) is 0 Å². The Morgan fingerprint density at radius 3 is 2.81 bits per heavy atom. The molecule has 0 aliphatic rings. The molecule has 5 nitrogen and oxygen atoms in total. The fourth-order valence-corrected chi connectivity index (χ4v) is 1.47. The van der Waals surface area contributed by atoms with Crippen LogP contribution in [-0.4, -0.2) is 36.7 Å². The molecule has 0 amide bonds. The Bertz CT molecular complexity index is 299. The number of aromatic nitrogens is 2. The molecule has 0 radical (unpaired) electrons. The third-order valence-corrected chi connectivity index (χ3v) is 2.52. The lowest BCUT2D eigenvalue weighted by molar-refractivity contribution is 0.0676. The van der Waals surface area contributed by atoms with Crippen molar-refractivity contribution in [1.29, 1.82) is 0 Å². The van der Waals surface area contributed by atoms with Gasteiger partial charge >= 0.3 is 0 Å². The number of hydrogen-bond donors (Lipinski definition) is 1. The Hall–Kier alpha value is -0.910. The highest BCUT2D eigenvalue weighted by atomic mass is 16.5. The molecule has 16 heavy (non-hydrogen) atoms. The fraction of sp³-hybridized carbons (Fsp3) is 0.727. The second kappa shape index (κ2) is 7.38. The number of aryl methyl sites for hydroxylation is 1. The number of rotatable bonds is 8. The van der Waals surface area contributed by atoms with Gasteiger partial charge in [-0.05, 0) is 13.3 Å². The molecule has 0 saturated carbocycles. The monoisotopic (exact) mass is 227 g/mol. The number of hydrogen-bond acceptors (Lipinski definition) is 4. The van der Waals surface area contributed by atoms with E-state index in [-0.39, 0.29) is 0 Å². The first-order valence-corrected chi connectivity index (χ1v) is 5.57. The predicted octanol–water partition coefficient (Wildman–Crippen LogP) is 0.703. The molecule has 0 aliphatic heterocycles. The summed E-state index contributed by atoms with van der Waals surface area (Å²) in [4.78, 5) is 0. The maximum absolute atomic E-state index is 5.58. The zero-order valence-corrected chi connectivity index (χ0v) is 10.1. The minimum absolute atomic E-state index is 0.552. The van der Waals surface area contributed by atoms with Crippen molar-refractivity contribution in [2.75, 3.05) is 26.9 Å². The highest BCUT2D eigenvalue weighted by Crippen LogP contribution is 2.06. The molecular formula is C11H21N3O2. The van der Waals surface area contributed by atoms with Gasteiger partial charge in [-0.2, -0.15) is 5.10 Å². The molecule has 1 rings (SSSR count). The molecule has 0 unspecified atom stereocenters. The van der Waals surface area contributed by atoms with E-state index in [1.165, 1.54) is 0 Å². The quantitative estimate of drug-likeness (QED) is 0.664. The van der Waals surface area contributed by atoms with Gasteiger partial charge in [-0.15, -0.1) is 0 Å². The van der Waals surface area contributed by atoms with Gasteiger partial charge in [0.25, 0.3) is 0 Å². The maximum atomic E-state index is 5.58. The summed E-state index contributed by atoms with van der Waals surface area (Å²) in [7, 11) is 1.67. The Morgan fingerprint density at radius 2 is 2.19 bits per heavy atom. The lowest BCUT2D eigenvalue weighted by Crippen LogP contribution is -2.08. The molecule has 0 aliphatic carbocycles. The topological polar surface area (TPSA) is 62.3 Å². The minimum atomic E-state index is 0.552. The van der Waals surface area contributed by atoms with Gasteiger partial charge in [0.2, 0.25) is 0 Å². The first-order valence-electron chi connectivity index (χ1n) is 5.57. The van der Waals surface area contributed by atoms with E-state index in [0.29, 0.717) is 19.8 Å². The standard InChI is InChI=1S/C11H21N3O2/c1-10-11(8-12)9-13-14(10)4-3-5-16-7-6-15-2/h9H,3-8,12H2,1-2H3. The predicted molar refractivity (Wildman–Crippen MR) is 62.2 cm³/mol. The summed E-state index contributed by atoms with van der Waals surface area (Å²) >= 11 is 0. The van der Waals surface area contributed by atoms with Crippen LogP contribution in [0.4, 0.5) is 0 Å². The van der Waals surface area contributed by atoms with E-state index in [4.69, 9.17) is 15.2 Å². The molecular weight excluding hydrogens is 206 g/mol. The molecule has 1 heterocycles. The van der Waals surface area contributed by atoms with E-state index in [2.05, 4.69) is 5.10 Å². The summed E-state index contributed by atoms with van der Waals surface area (Å²) in [6.45, 7) is 5.51. The molecule has 2 N–H and O–H groups in total. The second-order valence-electron chi connectivity index (χ2n) is 3.64. The number of nitrogens with zero attached hydrogens (tertiary/aromatic N) is 2. The van der Waals surface area contributed by atoms with Crippen LogP contribution in [0.15, 0.2) is 6.20 Å². The third kappa shape index (κ3) is 3.92. The summed E-state index contributed by atoms with van der Waals surface area (Å²) in [6, 6.07) is 0. The Balaban J connectivity index is 2.19. The largest absolute Gasteiger partial charge is 0.382 e. The van der Waals surface area contributed by atoms with E-state index in [1.54, 1.807) is 7.11 Å². The number of ether oxygens (including phenoxy) is 2. The summed E-state index contributed by atoms with van der Waals surface area (Å²) in [5, 5.41) is 4.28. The summed E-state index contributed by atoms with van der Waals surface area (Å²) < 4.78 is 12.2. The molecule has 0 fully saturated rings. The average Bonchev–Trinajstić information content (AvgIpc) is 2.65. The van der Waals surface area contributed by atoms with Crippen LogP contribution in [0.3, 0.4) is 0 Å². The van der Waals surface area contributed by atoms with Crippen molar-refractivity contribution < 1.29 is 9.47 Å². The van der Waals surface area contributed by atoms with Crippen molar-refractivity contribution in [2.45, 2.75) is 26.4 Å². The number of nitrogens with two attached hydrogens (primary N) is 1. The van der Waals surface area contributed by atoms with Gasteiger partial charge in [-0.3, -0.25) is 4.68 Å². The maximum Gasteiger partial charge on any atom is 0.0700 e. The molecule has 1 aromatic rings. The van der Waals surface area contributed by atoms with Crippen molar-refractivity contribution in [3.8, 4) is 0 Å². The van der Waals surface area contributed by atoms with Crippen LogP contribution in [0.25, 0.3) is 0 Å². The van der Waals surface area contributed by atoms with Gasteiger partial charge in [0.1, 0.15) is 0 Å². The van der Waals surface area contributed by atoms with Gasteiger partial charge in [0, 0.05) is 38.1 Å². The van der Waals surface area contributed by atoms with E-state index in [1.807, 2.05) is 17.8 Å². The van der Waals surface area contributed by atoms with E-state index in [0.717, 1.165) is 30.8 Å². The Kier molecular flexibility index (Phi) is 6.07. The van der Waals surface area contributed by atoms with Crippen LogP contribution in [-0.2, 0) is 22.6 Å². The molecule has 5 heteroatoms. The van der Waals surface area contributed by atoms with Crippen LogP contribution < -0.4 is 5.73 Å². The Labute approximate surface area is 96.5 Å². The van der Waals surface area contributed by atoms with Crippen LogP contribution in [0.2, 0.25) is 0 Å². The molecule has 0 aromatic carbocycles.